The molecule has 19 nitrogen and oxygen atoms in total. The molecule has 0 spiro atoms. The Hall–Kier alpha value is -2.51. The molecule has 0 aromatic heterocycles. The van der Waals surface area contributed by atoms with Crippen LogP contribution in [0.15, 0.2) is 60.8 Å². The zero-order valence-corrected chi connectivity index (χ0v) is 53.2. The lowest BCUT2D eigenvalue weighted by Crippen LogP contribution is -2.66. The monoisotopic (exact) mass is 1240 g/mol. The molecule has 3 aliphatic rings. The van der Waals surface area contributed by atoms with Crippen molar-refractivity contribution >= 4 is 5.91 Å². The summed E-state index contributed by atoms with van der Waals surface area (Å²) in [6, 6.07) is -0.975. The summed E-state index contributed by atoms with van der Waals surface area (Å²) in [5.41, 5.74) is 0. The van der Waals surface area contributed by atoms with Gasteiger partial charge in [0.25, 0.3) is 0 Å². The van der Waals surface area contributed by atoms with Crippen LogP contribution in [0.3, 0.4) is 0 Å². The maximum atomic E-state index is 13.4. The number of unbranched alkanes of at least 4 members (excludes halogenated alkanes) is 27. The lowest BCUT2D eigenvalue weighted by molar-refractivity contribution is -0.379. The second kappa shape index (κ2) is 50.1. The highest BCUT2D eigenvalue weighted by atomic mass is 16.8. The summed E-state index contributed by atoms with van der Waals surface area (Å²) in [4.78, 5) is 13.4. The minimum atomic E-state index is -1.98. The standard InChI is InChI=1S/C68H121NO18/c1-3-5-7-9-11-13-15-17-19-20-21-22-23-24-25-26-27-28-29-30-32-34-36-38-40-42-44-46-56(74)69-51(52(73)45-43-41-39-37-35-33-31-18-16-14-12-10-8-6-4-2)50-82-66-62(80)59(77)64(54(48-71)84-66)87-68-63(81)60(78)65(55(49-72)85-68)86-67-61(79)58(76)57(75)53(47-70)83-67/h5,7,11,13,17,19,21-22,43,45,51-55,57-68,70-73,75-81H,3-4,6,8-10,12,14-16,18,20,23-42,44,46-50H2,1-2H3,(H,69,74)/b7-5-,13-11-,19-17-,22-21-,45-43+. The van der Waals surface area contributed by atoms with E-state index in [0.29, 0.717) is 6.42 Å². The number of carbonyl (C=O) groups excluding carboxylic acids is 1. The molecule has 17 atom stereocenters. The fourth-order valence-corrected chi connectivity index (χ4v) is 11.3. The number of hydrogen-bond donors (Lipinski definition) is 12. The molecule has 0 saturated carbocycles. The summed E-state index contributed by atoms with van der Waals surface area (Å²) < 4.78 is 34.3. The third-order valence-corrected chi connectivity index (χ3v) is 16.8. The Labute approximate surface area is 522 Å². The van der Waals surface area contributed by atoms with Gasteiger partial charge in [-0.25, -0.2) is 0 Å². The average Bonchev–Trinajstić information content (AvgIpc) is 1.10. The van der Waals surface area contributed by atoms with Crippen LogP contribution in [0.4, 0.5) is 0 Å². The highest BCUT2D eigenvalue weighted by molar-refractivity contribution is 5.76. The zero-order valence-electron chi connectivity index (χ0n) is 53.2. The summed E-state index contributed by atoms with van der Waals surface area (Å²) in [7, 11) is 0. The van der Waals surface area contributed by atoms with Crippen LogP contribution in [0.5, 0.6) is 0 Å². The maximum absolute atomic E-state index is 13.4. The SMILES string of the molecule is CC/C=C\C/C=C\C/C=C\C/C=C\CCCCCCCCCCCCCCCCC(=O)NC(COC1OC(CO)C(OC2OC(CO)C(OC3OC(CO)C(O)C(O)C3O)C(O)C2O)C(O)C1O)C(O)/C=C/CCCCCCCCCCCCCCC. The summed E-state index contributed by atoms with van der Waals surface area (Å²) >= 11 is 0. The third kappa shape index (κ3) is 32.6. The van der Waals surface area contributed by atoms with E-state index >= 15 is 0 Å². The molecule has 0 aromatic rings. The lowest BCUT2D eigenvalue weighted by atomic mass is 9.96. The van der Waals surface area contributed by atoms with Crippen LogP contribution in [0.2, 0.25) is 0 Å². The van der Waals surface area contributed by atoms with E-state index in [9.17, 15) is 61.0 Å². The van der Waals surface area contributed by atoms with Crippen molar-refractivity contribution in [2.24, 2.45) is 0 Å². The predicted octanol–water partition coefficient (Wildman–Crippen LogP) is 8.38. The van der Waals surface area contributed by atoms with Crippen molar-refractivity contribution < 1.29 is 89.4 Å². The van der Waals surface area contributed by atoms with Gasteiger partial charge in [-0.05, 0) is 57.8 Å². The number of allylic oxidation sites excluding steroid dienone is 9. The van der Waals surface area contributed by atoms with Gasteiger partial charge in [-0.15, -0.1) is 0 Å². The van der Waals surface area contributed by atoms with Gasteiger partial charge >= 0.3 is 0 Å². The van der Waals surface area contributed by atoms with Crippen LogP contribution in [0, 0.1) is 0 Å². The number of carbonyl (C=O) groups is 1. The number of amides is 1. The van der Waals surface area contributed by atoms with Gasteiger partial charge in [0.2, 0.25) is 5.91 Å². The minimum Gasteiger partial charge on any atom is -0.394 e. The van der Waals surface area contributed by atoms with Crippen molar-refractivity contribution in [1.29, 1.82) is 0 Å². The quantitative estimate of drug-likeness (QED) is 0.0201. The second-order valence-electron chi connectivity index (χ2n) is 24.3. The number of hydrogen-bond acceptors (Lipinski definition) is 18. The fraction of sp³-hybridized carbons (Fsp3) is 0.838. The van der Waals surface area contributed by atoms with Gasteiger partial charge in [-0.3, -0.25) is 4.79 Å². The van der Waals surface area contributed by atoms with Gasteiger partial charge in [-0.2, -0.15) is 0 Å². The van der Waals surface area contributed by atoms with Gasteiger partial charge in [0, 0.05) is 6.42 Å². The highest BCUT2D eigenvalue weighted by Crippen LogP contribution is 2.33. The normalized spacial score (nSPS) is 29.0. The Balaban J connectivity index is 1.42. The van der Waals surface area contributed by atoms with E-state index in [4.69, 9.17) is 28.4 Å². The molecule has 3 fully saturated rings. The Kier molecular flexibility index (Phi) is 45.3. The Morgan fingerprint density at radius 1 is 0.425 bits per heavy atom. The smallest absolute Gasteiger partial charge is 0.220 e. The molecule has 0 radical (unpaired) electrons. The first-order valence-electron chi connectivity index (χ1n) is 34.0. The van der Waals surface area contributed by atoms with Crippen LogP contribution in [0.1, 0.15) is 232 Å². The summed E-state index contributed by atoms with van der Waals surface area (Å²) in [6.45, 7) is 1.62. The van der Waals surface area contributed by atoms with E-state index in [1.807, 2.05) is 6.08 Å². The summed E-state index contributed by atoms with van der Waals surface area (Å²) in [5, 5.41) is 120. The van der Waals surface area contributed by atoms with E-state index in [1.165, 1.54) is 128 Å². The second-order valence-corrected chi connectivity index (χ2v) is 24.3. The average molecular weight is 1240 g/mol. The van der Waals surface area contributed by atoms with Gasteiger partial charge in [-0.1, -0.05) is 229 Å². The van der Waals surface area contributed by atoms with Gasteiger partial charge in [0.1, 0.15) is 73.2 Å². The Morgan fingerprint density at radius 2 is 0.793 bits per heavy atom. The fourth-order valence-electron chi connectivity index (χ4n) is 11.3. The first kappa shape index (κ1) is 78.7. The minimum absolute atomic E-state index is 0.241. The molecular weight excluding hydrogens is 1120 g/mol. The van der Waals surface area contributed by atoms with Crippen molar-refractivity contribution in [3.63, 3.8) is 0 Å². The molecule has 3 aliphatic heterocycles. The molecule has 12 N–H and O–H groups in total. The highest BCUT2D eigenvalue weighted by Gasteiger charge is 2.53. The number of aliphatic hydroxyl groups is 11. The predicted molar refractivity (Wildman–Crippen MR) is 337 cm³/mol. The molecule has 3 saturated heterocycles. The summed E-state index contributed by atoms with van der Waals surface area (Å²) in [5.74, 6) is -0.277. The third-order valence-electron chi connectivity index (χ3n) is 16.8. The van der Waals surface area contributed by atoms with Crippen molar-refractivity contribution in [3.8, 4) is 0 Å². The van der Waals surface area contributed by atoms with E-state index < -0.39 is 124 Å². The molecule has 17 unspecified atom stereocenters. The molecule has 1 amide bonds. The number of rotatable bonds is 51. The van der Waals surface area contributed by atoms with Crippen LogP contribution in [-0.4, -0.2) is 193 Å². The largest absolute Gasteiger partial charge is 0.394 e. The zero-order chi connectivity index (χ0) is 63.3. The molecule has 0 bridgehead atoms. The van der Waals surface area contributed by atoms with Crippen LogP contribution in [0.25, 0.3) is 0 Å². The lowest BCUT2D eigenvalue weighted by Gasteiger charge is -2.48. The first-order chi connectivity index (χ1) is 42.3. The van der Waals surface area contributed by atoms with E-state index in [0.717, 1.165) is 77.0 Å². The van der Waals surface area contributed by atoms with E-state index in [2.05, 4.69) is 67.8 Å². The molecule has 506 valence electrons. The number of aliphatic hydroxyl groups excluding tert-OH is 11. The Bertz CT molecular complexity index is 1820. The van der Waals surface area contributed by atoms with Crippen molar-refractivity contribution in [2.45, 2.75) is 336 Å². The topological polar surface area (TPSA) is 307 Å². The summed E-state index contributed by atoms with van der Waals surface area (Å²) in [6.07, 6.45) is 33.4. The Morgan fingerprint density at radius 3 is 1.24 bits per heavy atom. The molecule has 3 heterocycles. The molecule has 19 heteroatoms. The molecule has 87 heavy (non-hydrogen) atoms. The van der Waals surface area contributed by atoms with Crippen LogP contribution < -0.4 is 5.32 Å². The number of nitrogens with one attached hydrogen (secondary N) is 1. The van der Waals surface area contributed by atoms with Crippen LogP contribution >= 0.6 is 0 Å². The van der Waals surface area contributed by atoms with Crippen molar-refractivity contribution in [1.82, 2.24) is 5.32 Å². The molecule has 0 aromatic carbocycles. The maximum Gasteiger partial charge on any atom is 0.220 e. The van der Waals surface area contributed by atoms with E-state index in [1.54, 1.807) is 6.08 Å². The molecule has 3 rings (SSSR count). The first-order valence-corrected chi connectivity index (χ1v) is 34.0. The molecule has 0 aliphatic carbocycles. The van der Waals surface area contributed by atoms with Gasteiger partial charge in [0.05, 0.1) is 38.6 Å². The van der Waals surface area contributed by atoms with Gasteiger partial charge < -0.3 is 89.9 Å². The molecular formula is C68H121NO18. The van der Waals surface area contributed by atoms with Crippen molar-refractivity contribution in [3.05, 3.63) is 60.8 Å². The van der Waals surface area contributed by atoms with E-state index in [-0.39, 0.29) is 18.9 Å². The number of ether oxygens (including phenoxy) is 6. The van der Waals surface area contributed by atoms with Crippen molar-refractivity contribution in [2.75, 3.05) is 26.4 Å². The van der Waals surface area contributed by atoms with Gasteiger partial charge in [0.15, 0.2) is 18.9 Å². The van der Waals surface area contributed by atoms with Crippen LogP contribution in [-0.2, 0) is 33.2 Å².